The maximum Gasteiger partial charge on any atom is 0.256 e. The van der Waals surface area contributed by atoms with Gasteiger partial charge in [0, 0.05) is 35.7 Å². The highest BCUT2D eigenvalue weighted by Gasteiger charge is 2.18. The van der Waals surface area contributed by atoms with Gasteiger partial charge in [-0.15, -0.1) is 0 Å². The average molecular weight is 499 g/mol. The minimum Gasteiger partial charge on any atom is -0.497 e. The van der Waals surface area contributed by atoms with Gasteiger partial charge in [0.1, 0.15) is 19.0 Å². The summed E-state index contributed by atoms with van der Waals surface area (Å²) in [6.45, 7) is 3.30. The van der Waals surface area contributed by atoms with E-state index in [-0.39, 0.29) is 24.3 Å². The lowest BCUT2D eigenvalue weighted by molar-refractivity contribution is -0.119. The molecule has 0 fully saturated rings. The number of hydrogen-bond donors (Lipinski definition) is 1. The van der Waals surface area contributed by atoms with Gasteiger partial charge in [-0.25, -0.2) is 0 Å². The van der Waals surface area contributed by atoms with Crippen LogP contribution < -0.4 is 25.1 Å². The highest BCUT2D eigenvalue weighted by Crippen LogP contribution is 2.34. The van der Waals surface area contributed by atoms with Gasteiger partial charge in [-0.05, 0) is 53.9 Å². The topological polar surface area (TPSA) is 78.8 Å². The van der Waals surface area contributed by atoms with Gasteiger partial charge in [-0.2, -0.15) is 0 Å². The molecule has 0 atom stereocenters. The predicted molar refractivity (Wildman–Crippen MR) is 144 cm³/mol. The summed E-state index contributed by atoms with van der Waals surface area (Å²) < 4.78 is 18.3. The second-order valence-corrected chi connectivity index (χ2v) is 9.08. The van der Waals surface area contributed by atoms with Crippen molar-refractivity contribution in [3.05, 3.63) is 93.8 Å². The Hall–Kier alpha value is -4.26. The number of nitrogens with zero attached hydrogens (tertiary/aromatic N) is 1. The van der Waals surface area contributed by atoms with Crippen LogP contribution >= 0.6 is 0 Å². The van der Waals surface area contributed by atoms with Gasteiger partial charge < -0.3 is 24.1 Å². The van der Waals surface area contributed by atoms with E-state index in [0.29, 0.717) is 42.3 Å². The average Bonchev–Trinajstić information content (AvgIpc) is 2.93. The predicted octanol–water partition coefficient (Wildman–Crippen LogP) is 4.77. The summed E-state index contributed by atoms with van der Waals surface area (Å²) in [5.74, 6) is 1.94. The zero-order chi connectivity index (χ0) is 25.8. The number of ether oxygens (including phenoxy) is 3. The van der Waals surface area contributed by atoms with Crippen molar-refractivity contribution >= 4 is 22.4 Å². The number of nitrogens with one attached hydrogen (secondary N) is 1. The van der Waals surface area contributed by atoms with Gasteiger partial charge in [-0.1, -0.05) is 31.2 Å². The summed E-state index contributed by atoms with van der Waals surface area (Å²) in [4.78, 5) is 26.8. The first-order valence-electron chi connectivity index (χ1n) is 12.5. The van der Waals surface area contributed by atoms with E-state index in [9.17, 15) is 9.59 Å². The molecule has 0 amide bonds. The van der Waals surface area contributed by atoms with Crippen LogP contribution in [-0.4, -0.2) is 30.7 Å². The van der Waals surface area contributed by atoms with Gasteiger partial charge >= 0.3 is 0 Å². The summed E-state index contributed by atoms with van der Waals surface area (Å²) in [6.07, 6.45) is 1.21. The van der Waals surface area contributed by atoms with Crippen molar-refractivity contribution < 1.29 is 19.0 Å². The standard InChI is InChI=1S/C30H30N2O5/c1-3-20-4-6-21(7-5-20)14-25(33)19-32-27-17-29-28(36-12-13-37-29)16-22(27)15-23(30(32)34)18-31-24-8-10-26(35-2)11-9-24/h4-11,15-17,31H,3,12-14,18-19H2,1-2H3. The lowest BCUT2D eigenvalue weighted by Crippen LogP contribution is -2.29. The van der Waals surface area contributed by atoms with E-state index in [0.717, 1.165) is 28.8 Å². The zero-order valence-corrected chi connectivity index (χ0v) is 21.1. The van der Waals surface area contributed by atoms with Gasteiger partial charge in [0.15, 0.2) is 17.3 Å². The number of aromatic nitrogens is 1. The smallest absolute Gasteiger partial charge is 0.256 e. The summed E-state index contributed by atoms with van der Waals surface area (Å²) in [5, 5.41) is 4.12. The van der Waals surface area contributed by atoms with Crippen molar-refractivity contribution in [1.29, 1.82) is 0 Å². The van der Waals surface area contributed by atoms with Crippen LogP contribution in [-0.2, 0) is 30.7 Å². The number of aryl methyl sites for hydroxylation is 1. The van der Waals surface area contributed by atoms with Crippen molar-refractivity contribution in [2.75, 3.05) is 25.6 Å². The van der Waals surface area contributed by atoms with Crippen LogP contribution in [0.1, 0.15) is 23.6 Å². The molecule has 5 rings (SSSR count). The Balaban J connectivity index is 1.47. The Kier molecular flexibility index (Phi) is 7.12. The van der Waals surface area contributed by atoms with Crippen LogP contribution in [0.2, 0.25) is 0 Å². The molecule has 4 aromatic rings. The van der Waals surface area contributed by atoms with Gasteiger partial charge in [0.2, 0.25) is 0 Å². The first kappa shape index (κ1) is 24.4. The molecule has 0 saturated heterocycles. The molecule has 1 aliphatic rings. The van der Waals surface area contributed by atoms with Crippen LogP contribution in [0, 0.1) is 0 Å². The lowest BCUT2D eigenvalue weighted by atomic mass is 10.0. The Morgan fingerprint density at radius 3 is 2.30 bits per heavy atom. The Morgan fingerprint density at radius 1 is 0.946 bits per heavy atom. The largest absolute Gasteiger partial charge is 0.497 e. The molecule has 190 valence electrons. The first-order valence-corrected chi connectivity index (χ1v) is 12.5. The van der Waals surface area contributed by atoms with Gasteiger partial charge in [-0.3, -0.25) is 9.59 Å². The molecule has 0 aliphatic carbocycles. The number of benzene rings is 3. The fourth-order valence-corrected chi connectivity index (χ4v) is 4.52. The summed E-state index contributed by atoms with van der Waals surface area (Å²) in [5.41, 5.74) is 4.02. The SMILES string of the molecule is CCc1ccc(CC(=O)Cn2c(=O)c(CNc3ccc(OC)cc3)cc3cc4c(cc32)OCCO4)cc1. The fourth-order valence-electron chi connectivity index (χ4n) is 4.52. The van der Waals surface area contributed by atoms with Crippen LogP contribution in [0.5, 0.6) is 17.2 Å². The molecule has 2 heterocycles. The quantitative estimate of drug-likeness (QED) is 0.358. The fraction of sp³-hybridized carbons (Fsp3) is 0.267. The van der Waals surface area contributed by atoms with Crippen LogP contribution in [0.25, 0.3) is 10.9 Å². The Bertz CT molecular complexity index is 1470. The third-order valence-electron chi connectivity index (χ3n) is 6.57. The molecule has 1 aliphatic heterocycles. The molecule has 7 nitrogen and oxygen atoms in total. The number of pyridine rings is 1. The van der Waals surface area contributed by atoms with E-state index in [1.54, 1.807) is 17.7 Å². The molecule has 1 N–H and O–H groups in total. The van der Waals surface area contributed by atoms with E-state index in [2.05, 4.69) is 12.2 Å². The normalized spacial score (nSPS) is 12.4. The molecule has 7 heteroatoms. The highest BCUT2D eigenvalue weighted by molar-refractivity contribution is 5.87. The first-order chi connectivity index (χ1) is 18.0. The molecule has 0 unspecified atom stereocenters. The minimum absolute atomic E-state index is 0.0269. The number of Topliss-reactive ketones (excluding diaryl/α,β-unsaturated/α-hetero) is 1. The van der Waals surface area contributed by atoms with E-state index >= 15 is 0 Å². The van der Waals surface area contributed by atoms with Crippen LogP contribution in [0.3, 0.4) is 0 Å². The van der Waals surface area contributed by atoms with Crippen LogP contribution in [0.15, 0.2) is 71.5 Å². The number of carbonyl (C=O) groups excluding carboxylic acids is 1. The van der Waals surface area contributed by atoms with Crippen molar-refractivity contribution in [3.63, 3.8) is 0 Å². The molecule has 0 bridgehead atoms. The van der Waals surface area contributed by atoms with Crippen molar-refractivity contribution in [1.82, 2.24) is 4.57 Å². The number of carbonyl (C=O) groups is 1. The lowest BCUT2D eigenvalue weighted by Gasteiger charge is -2.21. The van der Waals surface area contributed by atoms with E-state index < -0.39 is 0 Å². The number of rotatable bonds is 9. The zero-order valence-electron chi connectivity index (χ0n) is 21.1. The maximum absolute atomic E-state index is 13.6. The Labute approximate surface area is 215 Å². The molecular weight excluding hydrogens is 468 g/mol. The van der Waals surface area contributed by atoms with Crippen LogP contribution in [0.4, 0.5) is 5.69 Å². The number of fused-ring (bicyclic) bond motifs is 2. The molecule has 0 radical (unpaired) electrons. The third kappa shape index (κ3) is 5.45. The van der Waals surface area contributed by atoms with Crippen molar-refractivity contribution in [2.24, 2.45) is 0 Å². The van der Waals surface area contributed by atoms with Gasteiger partial charge in [0.25, 0.3) is 5.56 Å². The monoisotopic (exact) mass is 498 g/mol. The molecule has 3 aromatic carbocycles. The molecular formula is C30H30N2O5. The highest BCUT2D eigenvalue weighted by atomic mass is 16.6. The number of ketones is 1. The van der Waals surface area contributed by atoms with E-state index in [1.165, 1.54) is 5.56 Å². The van der Waals surface area contributed by atoms with E-state index in [1.807, 2.05) is 60.7 Å². The Morgan fingerprint density at radius 2 is 1.62 bits per heavy atom. The van der Waals surface area contributed by atoms with Crippen molar-refractivity contribution in [2.45, 2.75) is 32.9 Å². The molecule has 0 saturated carbocycles. The second-order valence-electron chi connectivity index (χ2n) is 9.08. The molecule has 37 heavy (non-hydrogen) atoms. The summed E-state index contributed by atoms with van der Waals surface area (Å²) in [7, 11) is 1.62. The summed E-state index contributed by atoms with van der Waals surface area (Å²) >= 11 is 0. The molecule has 1 aromatic heterocycles. The molecule has 0 spiro atoms. The number of anilines is 1. The maximum atomic E-state index is 13.6. The minimum atomic E-state index is -0.208. The van der Waals surface area contributed by atoms with E-state index in [4.69, 9.17) is 14.2 Å². The second kappa shape index (κ2) is 10.8. The van der Waals surface area contributed by atoms with Gasteiger partial charge in [0.05, 0.1) is 19.2 Å². The summed E-state index contributed by atoms with van der Waals surface area (Å²) in [6, 6.07) is 21.1. The number of hydrogen-bond acceptors (Lipinski definition) is 6. The number of methoxy groups -OCH3 is 1. The van der Waals surface area contributed by atoms with Crippen molar-refractivity contribution in [3.8, 4) is 17.2 Å². The third-order valence-corrected chi connectivity index (χ3v) is 6.57.